The van der Waals surface area contributed by atoms with Gasteiger partial charge in [-0.1, -0.05) is 113 Å². The number of Topliss-reactive ketones (excluding diaryl/α,β-unsaturated/α-hetero) is 4. The molecule has 8 bridgehead atoms. The van der Waals surface area contributed by atoms with Gasteiger partial charge in [0.15, 0.2) is 35.7 Å². The summed E-state index contributed by atoms with van der Waals surface area (Å²) in [5, 5.41) is 191. The van der Waals surface area contributed by atoms with Crippen LogP contribution in [0.3, 0.4) is 0 Å². The summed E-state index contributed by atoms with van der Waals surface area (Å²) in [5.41, 5.74) is -13.1. The van der Waals surface area contributed by atoms with Gasteiger partial charge in [0.25, 0.3) is 0 Å². The van der Waals surface area contributed by atoms with Crippen LogP contribution in [0.25, 0.3) is 0 Å². The van der Waals surface area contributed by atoms with E-state index in [4.69, 9.17) is 37.9 Å². The van der Waals surface area contributed by atoms with Crippen LogP contribution >= 0.6 is 0 Å². The fraction of sp³-hybridized carbons (Fsp3) is 0.662. The topological polar surface area (TPSA) is 511 Å². The number of hydrogen-bond acceptors (Lipinski definition) is 30. The number of aldehydes is 2. The molecule has 24 unspecified atom stereocenters. The molecule has 590 valence electrons. The first-order valence-corrected chi connectivity index (χ1v) is 36.2. The van der Waals surface area contributed by atoms with E-state index in [0.29, 0.717) is 23.7 Å². The Morgan fingerprint density at radius 1 is 0.467 bits per heavy atom. The Kier molecular flexibility index (Phi) is 23.8. The molecular formula is C77H98O30-4. The zero-order chi connectivity index (χ0) is 78.5. The van der Waals surface area contributed by atoms with E-state index in [0.717, 1.165) is 12.2 Å². The minimum Gasteiger partial charge on any atom is -0.830 e. The lowest BCUT2D eigenvalue weighted by Gasteiger charge is -2.48. The minimum atomic E-state index is -2.33. The van der Waals surface area contributed by atoms with Crippen LogP contribution < -0.4 is 20.4 Å². The monoisotopic (exact) mass is 1500 g/mol. The van der Waals surface area contributed by atoms with Gasteiger partial charge in [0.1, 0.15) is 83.8 Å². The van der Waals surface area contributed by atoms with E-state index in [-0.39, 0.29) is 54.6 Å². The third-order valence-electron chi connectivity index (χ3n) is 24.9. The van der Waals surface area contributed by atoms with Gasteiger partial charge < -0.3 is 120 Å². The molecule has 6 heterocycles. The van der Waals surface area contributed by atoms with Gasteiger partial charge in [-0.3, -0.25) is 28.8 Å². The molecule has 4 spiro atoms. The van der Waals surface area contributed by atoms with E-state index in [1.54, 1.807) is 27.7 Å². The van der Waals surface area contributed by atoms with Crippen LogP contribution in [0.5, 0.6) is 0 Å². The number of hydrogen-bond donors (Lipinski definition) is 12. The van der Waals surface area contributed by atoms with Gasteiger partial charge in [-0.25, -0.2) is 0 Å². The molecule has 0 amide bonds. The maximum atomic E-state index is 15.6. The largest absolute Gasteiger partial charge is 0.830 e. The SMILES string of the molecule is C/C1=C\C=C\C2(C)C=C(CO[C@H]3O[C@H](CO)[C@H](O)[C@H](O)[C@H]3O)C(C)CC23OC([O-])C(C3=O)C(O)/C=C/C2(C)C=C(C=O)C(C)CC23OC([O-])C(C3=O)C(O)/C(C)=C/C=C/C2C=C(CO[C@H]3O[C@H](CO)[C@H](O)[C@H](O)[C@H]3O)C(C)CC23OC([O-])C(C3=O)C(O)/C=C/C2(C)C=C(C=O)C(C)CC23OC([O-])C(C3=O)C1O. The fourth-order valence-corrected chi connectivity index (χ4v) is 18.1. The van der Waals surface area contributed by atoms with E-state index in [2.05, 4.69) is 0 Å². The highest BCUT2D eigenvalue weighted by Gasteiger charge is 2.67. The molecule has 0 aromatic heterocycles. The highest BCUT2D eigenvalue weighted by atomic mass is 16.7. The smallest absolute Gasteiger partial charge is 0.187 e. The lowest BCUT2D eigenvalue weighted by Crippen LogP contribution is -2.59. The summed E-state index contributed by atoms with van der Waals surface area (Å²) in [6.45, 7) is 11.3. The lowest BCUT2D eigenvalue weighted by molar-refractivity contribution is -0.506. The summed E-state index contributed by atoms with van der Waals surface area (Å²) >= 11 is 0. The summed E-state index contributed by atoms with van der Waals surface area (Å²) in [7, 11) is 0. The van der Waals surface area contributed by atoms with E-state index in [1.165, 1.54) is 108 Å². The second kappa shape index (κ2) is 30.9. The fourth-order valence-electron chi connectivity index (χ4n) is 18.1. The average Bonchev–Trinajstić information content (AvgIpc) is 1.59. The Labute approximate surface area is 617 Å². The number of carbonyl (C=O) groups excluding carboxylic acids is 6. The summed E-state index contributed by atoms with van der Waals surface area (Å²) < 4.78 is 48.0. The van der Waals surface area contributed by atoms with Crippen molar-refractivity contribution >= 4 is 35.7 Å². The summed E-state index contributed by atoms with van der Waals surface area (Å²) in [5.74, 6) is -15.5. The van der Waals surface area contributed by atoms with Gasteiger partial charge in [0, 0.05) is 22.2 Å². The average molecular weight is 1500 g/mol. The maximum absolute atomic E-state index is 15.6. The molecule has 12 N–H and O–H groups in total. The van der Waals surface area contributed by atoms with E-state index >= 15 is 19.2 Å². The third-order valence-corrected chi connectivity index (χ3v) is 24.9. The second-order valence-corrected chi connectivity index (χ2v) is 31.8. The van der Waals surface area contributed by atoms with Crippen molar-refractivity contribution in [2.24, 2.45) is 69.5 Å². The van der Waals surface area contributed by atoms with Gasteiger partial charge in [-0.2, -0.15) is 0 Å². The van der Waals surface area contributed by atoms with Crippen molar-refractivity contribution < 1.29 is 148 Å². The Morgan fingerprint density at radius 3 is 1.30 bits per heavy atom. The van der Waals surface area contributed by atoms with Crippen molar-refractivity contribution in [3.05, 3.63) is 119 Å². The Bertz CT molecular complexity index is 3750. The highest BCUT2D eigenvalue weighted by Crippen LogP contribution is 2.59. The molecule has 6 aliphatic heterocycles. The summed E-state index contributed by atoms with van der Waals surface area (Å²) in [4.78, 5) is 87.2. The van der Waals surface area contributed by atoms with Crippen LogP contribution in [0.15, 0.2) is 119 Å². The molecule has 11 rings (SSSR count). The van der Waals surface area contributed by atoms with Gasteiger partial charge in [-0.05, 0) is 143 Å². The number of rotatable bonds is 10. The first-order valence-electron chi connectivity index (χ1n) is 36.2. The molecular weight excluding hydrogens is 1400 g/mol. The molecule has 0 aromatic carbocycles. The zero-order valence-corrected chi connectivity index (χ0v) is 60.7. The second-order valence-electron chi connectivity index (χ2n) is 31.8. The number of ether oxygens (including phenoxy) is 8. The molecule has 34 atom stereocenters. The van der Waals surface area contributed by atoms with Crippen LogP contribution in [0.4, 0.5) is 0 Å². The number of aliphatic hydroxyl groups is 12. The number of aliphatic hydroxyl groups excluding tert-OH is 12. The van der Waals surface area contributed by atoms with Gasteiger partial charge in [0.05, 0.1) is 74.5 Å². The molecule has 0 aromatic rings. The summed E-state index contributed by atoms with van der Waals surface area (Å²) in [6, 6.07) is 0. The predicted molar refractivity (Wildman–Crippen MR) is 359 cm³/mol. The lowest BCUT2D eigenvalue weighted by atomic mass is 9.59. The van der Waals surface area contributed by atoms with Crippen LogP contribution in [-0.2, 0) is 66.7 Å². The molecule has 30 nitrogen and oxygen atoms in total. The minimum absolute atomic E-state index is 0.0209. The third kappa shape index (κ3) is 13.8. The quantitative estimate of drug-likeness (QED) is 0.0727. The van der Waals surface area contributed by atoms with Gasteiger partial charge >= 0.3 is 0 Å². The molecule has 30 heteroatoms. The Morgan fingerprint density at radius 2 is 0.850 bits per heavy atom. The molecule has 0 radical (unpaired) electrons. The first kappa shape index (κ1) is 82.4. The normalized spacial score (nSPS) is 51.3. The van der Waals surface area contributed by atoms with Crippen LogP contribution in [0, 0.1) is 69.5 Å². The number of carbonyl (C=O) groups is 6. The predicted octanol–water partition coefficient (Wildman–Crippen LogP) is -4.35. The van der Waals surface area contributed by atoms with E-state index < -0.39 is 246 Å². The van der Waals surface area contributed by atoms with Gasteiger partial charge in [-0.15, -0.1) is 0 Å². The number of ketones is 4. The molecule has 0 saturated carbocycles. The Balaban J connectivity index is 1.01. The van der Waals surface area contributed by atoms with Crippen molar-refractivity contribution in [1.29, 1.82) is 0 Å². The molecule has 5 aliphatic carbocycles. The highest BCUT2D eigenvalue weighted by molar-refractivity contribution is 5.97. The van der Waals surface area contributed by atoms with Crippen molar-refractivity contribution in [3.8, 4) is 0 Å². The van der Waals surface area contributed by atoms with E-state index in [9.17, 15) is 91.3 Å². The van der Waals surface area contributed by atoms with E-state index in [1.807, 2.05) is 0 Å². The molecule has 6 fully saturated rings. The van der Waals surface area contributed by atoms with Crippen LogP contribution in [0.1, 0.15) is 88.0 Å². The van der Waals surface area contributed by atoms with Crippen molar-refractivity contribution in [3.63, 3.8) is 0 Å². The molecule has 107 heavy (non-hydrogen) atoms. The Hall–Kier alpha value is -5.54. The molecule has 11 aliphatic rings. The van der Waals surface area contributed by atoms with Crippen molar-refractivity contribution in [1.82, 2.24) is 0 Å². The van der Waals surface area contributed by atoms with Crippen molar-refractivity contribution in [2.75, 3.05) is 26.4 Å². The molecule has 6 saturated heterocycles. The zero-order valence-electron chi connectivity index (χ0n) is 60.7. The maximum Gasteiger partial charge on any atom is 0.187 e. The number of fused-ring (bicyclic) bond motifs is 4. The first-order chi connectivity index (χ1) is 50.2. The standard InChI is InChI=1S/C77H98O30/c1-34-12-10-14-44-20-40(32-100-69-59(90)57(88)55(86)47(30-80)102-69)36(3)21-74(44)61(92)49(65(96)104-74)45(82)15-18-72(8)25-41(28-78)38(5)23-77(72)64(95)52(68(99)107-77)54(85)35(2)13-11-17-71(7)27-43(33-101-70-60(91)58(89)56(87)48(31-81)103-70)39(6)24-75(71)62(93)50(66(97)105-75)46(83)16-19-73(9)26-42(29-79)37(4)22-76(73)63(94)51(53(34)84)67(98)106-76/h10-20,25-29,36-39,44-60,65-70,80-91H,21-24,30-33H2,1-9H3/q-4/b14-10+,17-11+,18-15+,19-16+,34-12+,35-13+/t36?,37?,38?,39?,44?,45?,46?,47-,48-,49?,50?,51?,52?,53?,54?,55+,56+,57+,58+,59-,60-,65?,66?,67?,68?,69+,70+,71?,72?,73?,74?,75?,76?,77?/m1/s1. The van der Waals surface area contributed by atoms with Crippen LogP contribution in [0.2, 0.25) is 0 Å². The number of allylic oxidation sites excluding steroid dienone is 6. The summed E-state index contributed by atoms with van der Waals surface area (Å²) in [6.07, 6.45) is -15.4. The van der Waals surface area contributed by atoms with Crippen molar-refractivity contribution in [2.45, 2.75) is 221 Å². The van der Waals surface area contributed by atoms with Crippen LogP contribution in [-0.4, -0.2) is 257 Å². The van der Waals surface area contributed by atoms with Gasteiger partial charge in [0.2, 0.25) is 0 Å².